The third-order valence-electron chi connectivity index (χ3n) is 0.0962. The zero-order chi connectivity index (χ0) is 3.41. The van der Waals surface area contributed by atoms with Crippen molar-refractivity contribution in [2.75, 3.05) is 6.54 Å². The number of rotatable bonds is 1. The average Bonchev–Trinajstić information content (AvgIpc) is 1.37. The van der Waals surface area contributed by atoms with Crippen molar-refractivity contribution >= 4 is 6.29 Å². The molecule has 0 heterocycles. The maximum absolute atomic E-state index is 9.05. The van der Waals surface area contributed by atoms with Crippen LogP contribution in [0.3, 0.4) is 0 Å². The normalized spacial score (nSPS) is 5.00. The molecule has 3 heteroatoms. The van der Waals surface area contributed by atoms with Gasteiger partial charge in [-0.3, -0.25) is 0 Å². The van der Waals surface area contributed by atoms with Crippen molar-refractivity contribution in [3.63, 3.8) is 0 Å². The number of hydrogen-bond acceptors (Lipinski definition) is 2. The summed E-state index contributed by atoms with van der Waals surface area (Å²) in [6.07, 6.45) is 0.653. The van der Waals surface area contributed by atoms with Crippen LogP contribution in [0, 0.1) is 0 Å². The Balaban J connectivity index is -0.0000000450. The van der Waals surface area contributed by atoms with Crippen LogP contribution in [0.1, 0.15) is 1.43 Å². The van der Waals surface area contributed by atoms with Gasteiger partial charge in [0, 0.05) is 6.54 Å². The summed E-state index contributed by atoms with van der Waals surface area (Å²) in [5.41, 5.74) is 4.66. The summed E-state index contributed by atoms with van der Waals surface area (Å²) in [4.78, 5) is 9.05. The molecule has 0 fully saturated rings. The van der Waals surface area contributed by atoms with E-state index in [-0.39, 0.29) is 37.5 Å². The molecule has 0 aliphatic heterocycles. The molecule has 0 spiro atoms. The molecular formula is C2H6NNaO. The first-order valence-electron chi connectivity index (χ1n) is 1.05. The molecule has 2 N–H and O–H groups in total. The van der Waals surface area contributed by atoms with Crippen molar-refractivity contribution < 1.29 is 35.8 Å². The summed E-state index contributed by atoms with van der Waals surface area (Å²) in [6, 6.07) is 0. The Bertz CT molecular complexity index is 27.5. The Kier molecular flexibility index (Phi) is 16.2. The molecule has 0 radical (unpaired) electrons. The number of carbonyl (C=O) groups is 1. The molecule has 0 aliphatic carbocycles. The molecular weight excluding hydrogens is 77.0 g/mol. The fourth-order valence-electron chi connectivity index (χ4n) is 0. The minimum absolute atomic E-state index is 0. The van der Waals surface area contributed by atoms with Crippen LogP contribution < -0.4 is 35.3 Å². The minimum Gasteiger partial charge on any atom is -1.00 e. The maximum Gasteiger partial charge on any atom is 1.00 e. The average molecular weight is 83.1 g/mol. The Morgan fingerprint density at radius 3 is 2.20 bits per heavy atom. The summed E-state index contributed by atoms with van der Waals surface area (Å²) in [6.45, 7) is 0.139. The van der Waals surface area contributed by atoms with Gasteiger partial charge in [0.2, 0.25) is 0 Å². The second-order valence-electron chi connectivity index (χ2n) is 0.402. The molecule has 2 nitrogen and oxygen atoms in total. The molecule has 0 aromatic rings. The largest absolute Gasteiger partial charge is 1.00 e. The van der Waals surface area contributed by atoms with E-state index in [1.165, 1.54) is 0 Å². The summed E-state index contributed by atoms with van der Waals surface area (Å²) >= 11 is 0. The molecule has 0 saturated heterocycles. The molecule has 0 unspecified atom stereocenters. The Morgan fingerprint density at radius 1 is 2.00 bits per heavy atom. The van der Waals surface area contributed by atoms with E-state index in [0.29, 0.717) is 6.29 Å². The molecule has 0 atom stereocenters. The predicted octanol–water partition coefficient (Wildman–Crippen LogP) is -3.74. The van der Waals surface area contributed by atoms with E-state index >= 15 is 0 Å². The fourth-order valence-corrected chi connectivity index (χ4v) is 0. The zero-order valence-corrected chi connectivity index (χ0v) is 5.27. The smallest absolute Gasteiger partial charge is 1.00 e. The van der Waals surface area contributed by atoms with Gasteiger partial charge in [0.25, 0.3) is 0 Å². The number of hydrogen-bond donors (Lipinski definition) is 1. The van der Waals surface area contributed by atoms with Gasteiger partial charge in [0.05, 0.1) is 0 Å². The first-order valence-corrected chi connectivity index (χ1v) is 1.05. The van der Waals surface area contributed by atoms with Gasteiger partial charge in [0.15, 0.2) is 0 Å². The standard InChI is InChI=1S/C2H5NO.Na.H/c3-1-2-4;;/h2H,1,3H2;;/q;+1;-1. The van der Waals surface area contributed by atoms with Crippen molar-refractivity contribution in [1.29, 1.82) is 0 Å². The van der Waals surface area contributed by atoms with Gasteiger partial charge in [-0.25, -0.2) is 0 Å². The fraction of sp³-hybridized carbons (Fsp3) is 0.500. The monoisotopic (exact) mass is 83.0 g/mol. The van der Waals surface area contributed by atoms with E-state index in [4.69, 9.17) is 4.79 Å². The van der Waals surface area contributed by atoms with Crippen LogP contribution in [0.15, 0.2) is 0 Å². The van der Waals surface area contributed by atoms with Crippen LogP contribution in [0.4, 0.5) is 0 Å². The van der Waals surface area contributed by atoms with Crippen molar-refractivity contribution in [2.45, 2.75) is 0 Å². The molecule has 5 heavy (non-hydrogen) atoms. The van der Waals surface area contributed by atoms with Gasteiger partial charge >= 0.3 is 29.6 Å². The van der Waals surface area contributed by atoms with Crippen molar-refractivity contribution in [2.24, 2.45) is 5.73 Å². The van der Waals surface area contributed by atoms with Gasteiger partial charge in [-0.05, 0) is 0 Å². The van der Waals surface area contributed by atoms with Crippen LogP contribution in [-0.2, 0) is 4.79 Å². The van der Waals surface area contributed by atoms with Crippen LogP contribution in [0.5, 0.6) is 0 Å². The SMILES string of the molecule is NCC=O.[H-].[Na+]. The Hall–Kier alpha value is 0.630. The molecule has 0 bridgehead atoms. The first kappa shape index (κ1) is 9.16. The molecule has 0 aliphatic rings. The van der Waals surface area contributed by atoms with Gasteiger partial charge in [-0.1, -0.05) is 0 Å². The Labute approximate surface area is 54.5 Å². The second kappa shape index (κ2) is 8.82. The molecule has 26 valence electrons. The number of nitrogens with two attached hydrogens (primary N) is 1. The van der Waals surface area contributed by atoms with Crippen molar-refractivity contribution in [1.82, 2.24) is 0 Å². The molecule has 0 rings (SSSR count). The van der Waals surface area contributed by atoms with Crippen LogP contribution in [0.2, 0.25) is 0 Å². The molecule has 0 amide bonds. The van der Waals surface area contributed by atoms with Gasteiger partial charge in [0.1, 0.15) is 6.29 Å². The van der Waals surface area contributed by atoms with E-state index in [1.54, 1.807) is 0 Å². The molecule has 0 aromatic heterocycles. The van der Waals surface area contributed by atoms with Crippen molar-refractivity contribution in [3.05, 3.63) is 0 Å². The summed E-state index contributed by atoms with van der Waals surface area (Å²) in [5.74, 6) is 0. The third-order valence-corrected chi connectivity index (χ3v) is 0.0962. The van der Waals surface area contributed by atoms with E-state index in [1.807, 2.05) is 0 Å². The van der Waals surface area contributed by atoms with Crippen LogP contribution in [0.25, 0.3) is 0 Å². The molecule has 0 aromatic carbocycles. The Morgan fingerprint density at radius 2 is 2.20 bits per heavy atom. The van der Waals surface area contributed by atoms with E-state index < -0.39 is 0 Å². The van der Waals surface area contributed by atoms with Gasteiger partial charge in [-0.15, -0.1) is 0 Å². The van der Waals surface area contributed by atoms with Crippen molar-refractivity contribution in [3.8, 4) is 0 Å². The second-order valence-corrected chi connectivity index (χ2v) is 0.402. The third kappa shape index (κ3) is 12.1. The quantitative estimate of drug-likeness (QED) is 0.261. The van der Waals surface area contributed by atoms with E-state index in [2.05, 4.69) is 5.73 Å². The van der Waals surface area contributed by atoms with Gasteiger partial charge in [-0.2, -0.15) is 0 Å². The molecule has 0 saturated carbocycles. The minimum atomic E-state index is 0. The summed E-state index contributed by atoms with van der Waals surface area (Å²) < 4.78 is 0. The first-order chi connectivity index (χ1) is 1.91. The van der Waals surface area contributed by atoms with Gasteiger partial charge < -0.3 is 12.0 Å². The van der Waals surface area contributed by atoms with E-state index in [9.17, 15) is 0 Å². The maximum atomic E-state index is 9.05. The summed E-state index contributed by atoms with van der Waals surface area (Å²) in [7, 11) is 0. The summed E-state index contributed by atoms with van der Waals surface area (Å²) in [5, 5.41) is 0. The number of carbonyl (C=O) groups excluding carboxylic acids is 1. The number of aldehydes is 1. The topological polar surface area (TPSA) is 43.1 Å². The van der Waals surface area contributed by atoms with Crippen LogP contribution >= 0.6 is 0 Å². The zero-order valence-electron chi connectivity index (χ0n) is 4.27. The predicted molar refractivity (Wildman–Crippen MR) is 16.2 cm³/mol. The van der Waals surface area contributed by atoms with E-state index in [0.717, 1.165) is 0 Å². The van der Waals surface area contributed by atoms with Crippen LogP contribution in [-0.4, -0.2) is 12.8 Å².